The molecule has 0 atom stereocenters. The van der Waals surface area contributed by atoms with Crippen molar-refractivity contribution in [2.75, 3.05) is 32.8 Å². The van der Waals surface area contributed by atoms with E-state index in [4.69, 9.17) is 4.74 Å². The van der Waals surface area contributed by atoms with Gasteiger partial charge in [-0.1, -0.05) is 36.4 Å². The lowest BCUT2D eigenvalue weighted by Gasteiger charge is -2.30. The minimum absolute atomic E-state index is 0.142. The second-order valence-electron chi connectivity index (χ2n) is 5.94. The second kappa shape index (κ2) is 10.5. The van der Waals surface area contributed by atoms with E-state index in [-0.39, 0.29) is 5.97 Å². The smallest absolute Gasteiger partial charge is 0.305 e. The van der Waals surface area contributed by atoms with Gasteiger partial charge in [-0.15, -0.1) is 0 Å². The molecule has 2 rings (SSSR count). The van der Waals surface area contributed by atoms with Crippen LogP contribution in [0.3, 0.4) is 0 Å². The van der Waals surface area contributed by atoms with Crippen LogP contribution in [0, 0.1) is 0 Å². The van der Waals surface area contributed by atoms with Crippen LogP contribution in [-0.4, -0.2) is 49.6 Å². The predicted octanol–water partition coefficient (Wildman–Crippen LogP) is 3.08. The molecule has 0 aliphatic carbocycles. The van der Waals surface area contributed by atoms with Crippen molar-refractivity contribution in [1.29, 1.82) is 0 Å². The molecule has 5 heteroatoms. The van der Waals surface area contributed by atoms with E-state index in [0.717, 1.165) is 32.0 Å². The summed E-state index contributed by atoms with van der Waals surface area (Å²) in [6.45, 7) is 7.61. The Hall–Kier alpha value is -2.30. The maximum atomic E-state index is 11.4. The summed E-state index contributed by atoms with van der Waals surface area (Å²) in [7, 11) is 0. The largest absolute Gasteiger partial charge is 0.466 e. The van der Waals surface area contributed by atoms with Gasteiger partial charge in [-0.3, -0.25) is 9.79 Å². The van der Waals surface area contributed by atoms with Crippen LogP contribution in [0.4, 0.5) is 0 Å². The van der Waals surface area contributed by atoms with Gasteiger partial charge in [0.1, 0.15) is 0 Å². The standard InChI is InChI=1S/C20H29N3O2/c1-3-21-20(22-14-8-11-19(24)25-4-2)23-15-12-18(13-16-23)17-9-6-5-7-10-17/h5-7,9-10,12H,3-4,8,11,13-16H2,1-2H3,(H,21,22). The first-order valence-corrected chi connectivity index (χ1v) is 9.18. The molecule has 136 valence electrons. The van der Waals surface area contributed by atoms with Crippen molar-refractivity contribution in [2.24, 2.45) is 4.99 Å². The fraction of sp³-hybridized carbons (Fsp3) is 0.500. The van der Waals surface area contributed by atoms with Gasteiger partial charge in [-0.25, -0.2) is 0 Å². The lowest BCUT2D eigenvalue weighted by atomic mass is 10.00. The molecule has 0 radical (unpaired) electrons. The maximum absolute atomic E-state index is 11.4. The molecule has 0 amide bonds. The van der Waals surface area contributed by atoms with E-state index >= 15 is 0 Å². The van der Waals surface area contributed by atoms with Gasteiger partial charge in [-0.05, 0) is 37.8 Å². The molecule has 1 aliphatic rings. The first-order chi connectivity index (χ1) is 12.2. The lowest BCUT2D eigenvalue weighted by Crippen LogP contribution is -2.43. The molecule has 0 saturated heterocycles. The van der Waals surface area contributed by atoms with Gasteiger partial charge in [0.05, 0.1) is 6.61 Å². The van der Waals surface area contributed by atoms with Gasteiger partial charge in [0.15, 0.2) is 5.96 Å². The van der Waals surface area contributed by atoms with Crippen LogP contribution in [0.2, 0.25) is 0 Å². The molecule has 0 saturated carbocycles. The van der Waals surface area contributed by atoms with E-state index < -0.39 is 0 Å². The SMILES string of the molecule is CCNC(=NCCCC(=O)OCC)N1CC=C(c2ccccc2)CC1. The third kappa shape index (κ3) is 6.25. The molecule has 0 spiro atoms. The Bertz CT molecular complexity index is 596. The first kappa shape index (κ1) is 19.0. The molecular formula is C20H29N3O2. The number of carbonyl (C=O) groups is 1. The van der Waals surface area contributed by atoms with Gasteiger partial charge in [-0.2, -0.15) is 0 Å². The highest BCUT2D eigenvalue weighted by atomic mass is 16.5. The Labute approximate surface area is 150 Å². The monoisotopic (exact) mass is 343 g/mol. The van der Waals surface area contributed by atoms with Crippen LogP contribution in [0.15, 0.2) is 41.4 Å². The summed E-state index contributed by atoms with van der Waals surface area (Å²) < 4.78 is 4.95. The van der Waals surface area contributed by atoms with E-state index in [9.17, 15) is 4.79 Å². The molecule has 1 aromatic carbocycles. The fourth-order valence-electron chi connectivity index (χ4n) is 2.84. The Morgan fingerprint density at radius 2 is 2.08 bits per heavy atom. The summed E-state index contributed by atoms with van der Waals surface area (Å²) in [5, 5.41) is 3.35. The molecule has 1 heterocycles. The Kier molecular flexibility index (Phi) is 8.02. The molecule has 0 aromatic heterocycles. The average molecular weight is 343 g/mol. The summed E-state index contributed by atoms with van der Waals surface area (Å²) in [5.41, 5.74) is 2.70. The summed E-state index contributed by atoms with van der Waals surface area (Å²) in [4.78, 5) is 18.3. The van der Waals surface area contributed by atoms with E-state index in [2.05, 4.69) is 52.5 Å². The van der Waals surface area contributed by atoms with Crippen molar-refractivity contribution in [3.05, 3.63) is 42.0 Å². The van der Waals surface area contributed by atoms with Crippen LogP contribution in [-0.2, 0) is 9.53 Å². The van der Waals surface area contributed by atoms with Crippen molar-refractivity contribution < 1.29 is 9.53 Å². The highest BCUT2D eigenvalue weighted by Crippen LogP contribution is 2.21. The van der Waals surface area contributed by atoms with Gasteiger partial charge < -0.3 is 15.0 Å². The van der Waals surface area contributed by atoms with Crippen LogP contribution >= 0.6 is 0 Å². The third-order valence-corrected chi connectivity index (χ3v) is 4.09. The van der Waals surface area contributed by atoms with Crippen LogP contribution in [0.25, 0.3) is 5.57 Å². The number of ether oxygens (including phenoxy) is 1. The number of aliphatic imine (C=N–C) groups is 1. The quantitative estimate of drug-likeness (QED) is 0.358. The normalized spacial score (nSPS) is 14.9. The summed E-state index contributed by atoms with van der Waals surface area (Å²) in [6, 6.07) is 10.5. The molecule has 0 bridgehead atoms. The number of rotatable bonds is 7. The van der Waals surface area contributed by atoms with Gasteiger partial charge in [0, 0.05) is 32.6 Å². The van der Waals surface area contributed by atoms with Crippen molar-refractivity contribution in [3.63, 3.8) is 0 Å². The fourth-order valence-corrected chi connectivity index (χ4v) is 2.84. The van der Waals surface area contributed by atoms with Gasteiger partial charge >= 0.3 is 5.97 Å². The van der Waals surface area contributed by atoms with Crippen LogP contribution < -0.4 is 5.32 Å². The Morgan fingerprint density at radius 1 is 1.28 bits per heavy atom. The average Bonchev–Trinajstić information content (AvgIpc) is 2.65. The Morgan fingerprint density at radius 3 is 2.72 bits per heavy atom. The zero-order valence-electron chi connectivity index (χ0n) is 15.3. The molecule has 1 aromatic rings. The van der Waals surface area contributed by atoms with Crippen molar-refractivity contribution in [3.8, 4) is 0 Å². The maximum Gasteiger partial charge on any atom is 0.305 e. The first-order valence-electron chi connectivity index (χ1n) is 9.18. The second-order valence-corrected chi connectivity index (χ2v) is 5.94. The number of hydrogen-bond acceptors (Lipinski definition) is 3. The zero-order chi connectivity index (χ0) is 17.9. The van der Waals surface area contributed by atoms with E-state index in [1.165, 1.54) is 11.1 Å². The highest BCUT2D eigenvalue weighted by Gasteiger charge is 2.16. The highest BCUT2D eigenvalue weighted by molar-refractivity contribution is 5.81. The van der Waals surface area contributed by atoms with Gasteiger partial charge in [0.2, 0.25) is 0 Å². The van der Waals surface area contributed by atoms with Crippen molar-refractivity contribution in [1.82, 2.24) is 10.2 Å². The van der Waals surface area contributed by atoms with E-state index in [1.807, 2.05) is 13.0 Å². The molecule has 1 N–H and O–H groups in total. The lowest BCUT2D eigenvalue weighted by molar-refractivity contribution is -0.143. The minimum atomic E-state index is -0.142. The van der Waals surface area contributed by atoms with E-state index in [0.29, 0.717) is 26.0 Å². The summed E-state index contributed by atoms with van der Waals surface area (Å²) >= 11 is 0. The van der Waals surface area contributed by atoms with E-state index in [1.54, 1.807) is 0 Å². The topological polar surface area (TPSA) is 53.9 Å². The molecule has 0 fully saturated rings. The number of guanidine groups is 1. The number of benzene rings is 1. The van der Waals surface area contributed by atoms with Crippen LogP contribution in [0.5, 0.6) is 0 Å². The predicted molar refractivity (Wildman–Crippen MR) is 102 cm³/mol. The molecule has 0 unspecified atom stereocenters. The number of hydrogen-bond donors (Lipinski definition) is 1. The summed E-state index contributed by atoms with van der Waals surface area (Å²) in [5.74, 6) is 0.783. The van der Waals surface area contributed by atoms with Gasteiger partial charge in [0.25, 0.3) is 0 Å². The molecule has 1 aliphatic heterocycles. The number of carbonyl (C=O) groups excluding carboxylic acids is 1. The van der Waals surface area contributed by atoms with Crippen molar-refractivity contribution in [2.45, 2.75) is 33.1 Å². The number of esters is 1. The molecule has 5 nitrogen and oxygen atoms in total. The van der Waals surface area contributed by atoms with Crippen LogP contribution in [0.1, 0.15) is 38.7 Å². The number of nitrogens with one attached hydrogen (secondary N) is 1. The summed E-state index contributed by atoms with van der Waals surface area (Å²) in [6.07, 6.45) is 4.43. The zero-order valence-corrected chi connectivity index (χ0v) is 15.3. The molecule has 25 heavy (non-hydrogen) atoms. The van der Waals surface area contributed by atoms with Crippen molar-refractivity contribution >= 4 is 17.5 Å². The third-order valence-electron chi connectivity index (χ3n) is 4.09. The molecular weight excluding hydrogens is 314 g/mol. The Balaban J connectivity index is 1.89. The number of nitrogens with zero attached hydrogens (tertiary/aromatic N) is 2. The minimum Gasteiger partial charge on any atom is -0.466 e.